The number of hydrogen-bond donors (Lipinski definition) is 2. The number of para-hydroxylation sites is 1. The predicted molar refractivity (Wildman–Crippen MR) is 129 cm³/mol. The average Bonchev–Trinajstić information content (AvgIpc) is 3.24. The van der Waals surface area contributed by atoms with Gasteiger partial charge >= 0.3 is 0 Å². The van der Waals surface area contributed by atoms with Gasteiger partial charge < -0.3 is 20.5 Å². The number of rotatable bonds is 5. The van der Waals surface area contributed by atoms with E-state index in [9.17, 15) is 0 Å². The van der Waals surface area contributed by atoms with Crippen molar-refractivity contribution in [2.24, 2.45) is 11.1 Å². The van der Waals surface area contributed by atoms with Gasteiger partial charge in [0.05, 0.1) is 36.4 Å². The Kier molecular flexibility index (Phi) is 5.05. The quantitative estimate of drug-likeness (QED) is 0.489. The van der Waals surface area contributed by atoms with E-state index in [0.717, 1.165) is 66.1 Å². The Morgan fingerprint density at radius 2 is 2.12 bits per heavy atom. The molecule has 7 nitrogen and oxygen atoms in total. The number of nitrogens with one attached hydrogen (secondary N) is 1. The molecule has 33 heavy (non-hydrogen) atoms. The van der Waals surface area contributed by atoms with Crippen molar-refractivity contribution in [1.29, 1.82) is 0 Å². The number of ether oxygens (including phenoxy) is 2. The van der Waals surface area contributed by atoms with Gasteiger partial charge in [-0.3, -0.25) is 4.57 Å². The normalized spacial score (nSPS) is 22.4. The number of pyridine rings is 1. The maximum absolute atomic E-state index is 6.26. The first-order valence-corrected chi connectivity index (χ1v) is 11.6. The minimum Gasteiger partial charge on any atom is -0.493 e. The highest BCUT2D eigenvalue weighted by Crippen LogP contribution is 2.31. The van der Waals surface area contributed by atoms with Crippen LogP contribution in [0.15, 0.2) is 54.9 Å². The topological polar surface area (TPSA) is 87.2 Å². The van der Waals surface area contributed by atoms with E-state index in [0.29, 0.717) is 6.61 Å². The van der Waals surface area contributed by atoms with Crippen LogP contribution in [0.3, 0.4) is 0 Å². The lowest BCUT2D eigenvalue weighted by Gasteiger charge is -2.37. The molecule has 7 heteroatoms. The van der Waals surface area contributed by atoms with E-state index < -0.39 is 0 Å². The molecular formula is C26H29N5O2. The maximum Gasteiger partial charge on any atom is 0.139 e. The van der Waals surface area contributed by atoms with Crippen molar-refractivity contribution in [1.82, 2.24) is 19.9 Å². The van der Waals surface area contributed by atoms with Crippen molar-refractivity contribution in [3.63, 3.8) is 0 Å². The smallest absolute Gasteiger partial charge is 0.139 e. The van der Waals surface area contributed by atoms with E-state index in [4.69, 9.17) is 20.2 Å². The van der Waals surface area contributed by atoms with Crippen LogP contribution in [0.5, 0.6) is 5.75 Å². The molecule has 4 heterocycles. The number of hydrogen-bond acceptors (Lipinski definition) is 6. The molecule has 2 atom stereocenters. The molecule has 3 N–H and O–H groups in total. The van der Waals surface area contributed by atoms with Gasteiger partial charge in [-0.15, -0.1) is 0 Å². The molecular weight excluding hydrogens is 414 g/mol. The van der Waals surface area contributed by atoms with E-state index in [1.54, 1.807) is 0 Å². The van der Waals surface area contributed by atoms with E-state index in [1.807, 2.05) is 23.0 Å². The summed E-state index contributed by atoms with van der Waals surface area (Å²) in [6, 6.07) is 17.1. The van der Waals surface area contributed by atoms with E-state index in [1.165, 1.54) is 5.56 Å². The molecule has 4 aromatic rings. The molecule has 6 rings (SSSR count). The minimum atomic E-state index is 0.109. The Morgan fingerprint density at radius 3 is 2.94 bits per heavy atom. The largest absolute Gasteiger partial charge is 0.493 e. The Bertz CT molecular complexity index is 1310. The average molecular weight is 444 g/mol. The summed E-state index contributed by atoms with van der Waals surface area (Å²) in [6.07, 6.45) is 3.77. The SMILES string of the molecule is CC1(COc2ccc3c(c2)ncn3-c2ccc3cccc(C4CC(N)CCN4)c3n2)COC1. The second-order valence-corrected chi connectivity index (χ2v) is 9.74. The van der Waals surface area contributed by atoms with Crippen molar-refractivity contribution < 1.29 is 9.47 Å². The highest BCUT2D eigenvalue weighted by atomic mass is 16.5. The molecule has 2 aromatic heterocycles. The molecule has 2 aliphatic heterocycles. The lowest BCUT2D eigenvalue weighted by atomic mass is 9.90. The molecule has 0 saturated carbocycles. The highest BCUT2D eigenvalue weighted by molar-refractivity contribution is 5.84. The monoisotopic (exact) mass is 443 g/mol. The van der Waals surface area contributed by atoms with Gasteiger partial charge in [0.2, 0.25) is 0 Å². The van der Waals surface area contributed by atoms with Gasteiger partial charge in [0, 0.05) is 29.0 Å². The number of fused-ring (bicyclic) bond motifs is 2. The fourth-order valence-corrected chi connectivity index (χ4v) is 4.82. The third kappa shape index (κ3) is 3.86. The van der Waals surface area contributed by atoms with E-state index in [2.05, 4.69) is 53.6 Å². The first-order chi connectivity index (χ1) is 16.1. The van der Waals surface area contributed by atoms with Crippen LogP contribution in [-0.4, -0.2) is 46.9 Å². The molecule has 170 valence electrons. The summed E-state index contributed by atoms with van der Waals surface area (Å²) in [5.74, 6) is 1.68. The van der Waals surface area contributed by atoms with Crippen molar-refractivity contribution >= 4 is 21.9 Å². The lowest BCUT2D eigenvalue weighted by Crippen LogP contribution is -2.44. The van der Waals surface area contributed by atoms with Gasteiger partial charge in [0.15, 0.2) is 0 Å². The van der Waals surface area contributed by atoms with Crippen molar-refractivity contribution in [3.05, 3.63) is 60.4 Å². The van der Waals surface area contributed by atoms with Crippen LogP contribution in [0.1, 0.15) is 31.4 Å². The van der Waals surface area contributed by atoms with Gasteiger partial charge in [-0.2, -0.15) is 0 Å². The second kappa shape index (κ2) is 8.09. The number of imidazole rings is 1. The number of nitrogens with zero attached hydrogens (tertiary/aromatic N) is 3. The Morgan fingerprint density at radius 1 is 1.21 bits per heavy atom. The van der Waals surface area contributed by atoms with Crippen LogP contribution in [0.25, 0.3) is 27.8 Å². The fraction of sp³-hybridized carbons (Fsp3) is 0.385. The molecule has 0 aliphatic carbocycles. The summed E-state index contributed by atoms with van der Waals surface area (Å²) >= 11 is 0. The van der Waals surface area contributed by atoms with Gasteiger partial charge in [-0.05, 0) is 49.2 Å². The molecule has 0 bridgehead atoms. The maximum atomic E-state index is 6.26. The lowest BCUT2D eigenvalue weighted by molar-refractivity contribution is -0.120. The van der Waals surface area contributed by atoms with Crippen molar-refractivity contribution in [2.45, 2.75) is 31.8 Å². The Labute approximate surface area is 192 Å². The molecule has 2 fully saturated rings. The van der Waals surface area contributed by atoms with Crippen molar-refractivity contribution in [2.75, 3.05) is 26.4 Å². The van der Waals surface area contributed by atoms with Gasteiger partial charge in [-0.1, -0.05) is 25.1 Å². The fourth-order valence-electron chi connectivity index (χ4n) is 4.82. The van der Waals surface area contributed by atoms with Gasteiger partial charge in [0.25, 0.3) is 0 Å². The number of piperidine rings is 1. The van der Waals surface area contributed by atoms with Gasteiger partial charge in [-0.25, -0.2) is 9.97 Å². The molecule has 0 spiro atoms. The summed E-state index contributed by atoms with van der Waals surface area (Å²) in [7, 11) is 0. The van der Waals surface area contributed by atoms with E-state index >= 15 is 0 Å². The number of benzene rings is 2. The summed E-state index contributed by atoms with van der Waals surface area (Å²) in [5, 5.41) is 4.75. The zero-order valence-electron chi connectivity index (χ0n) is 18.8. The standard InChI is InChI=1S/C26H29N5O2/c1-26(13-32-14-26)15-33-19-6-7-23-22(12-19)29-16-31(23)24-8-5-17-3-2-4-20(25(17)30-24)21-11-18(27)9-10-28-21/h2-8,12,16,18,21,28H,9-11,13-15,27H2,1H3. The molecule has 0 amide bonds. The number of nitrogens with two attached hydrogens (primary N) is 1. The van der Waals surface area contributed by atoms with Crippen LogP contribution in [0.2, 0.25) is 0 Å². The Hall–Kier alpha value is -3.00. The molecule has 2 unspecified atom stereocenters. The third-order valence-electron chi connectivity index (χ3n) is 6.81. The minimum absolute atomic E-state index is 0.109. The van der Waals surface area contributed by atoms with Crippen molar-refractivity contribution in [3.8, 4) is 11.6 Å². The van der Waals surface area contributed by atoms with E-state index in [-0.39, 0.29) is 17.5 Å². The summed E-state index contributed by atoms with van der Waals surface area (Å²) < 4.78 is 13.4. The highest BCUT2D eigenvalue weighted by Gasteiger charge is 2.34. The van der Waals surface area contributed by atoms with Crippen LogP contribution < -0.4 is 15.8 Å². The predicted octanol–water partition coefficient (Wildman–Crippen LogP) is 3.74. The zero-order valence-corrected chi connectivity index (χ0v) is 18.8. The molecule has 2 aromatic carbocycles. The summed E-state index contributed by atoms with van der Waals surface area (Å²) in [4.78, 5) is 9.70. The summed E-state index contributed by atoms with van der Waals surface area (Å²) in [6.45, 7) is 5.27. The molecule has 2 saturated heterocycles. The first-order valence-electron chi connectivity index (χ1n) is 11.6. The Balaban J connectivity index is 1.33. The van der Waals surface area contributed by atoms with Crippen LogP contribution in [-0.2, 0) is 4.74 Å². The molecule has 0 radical (unpaired) electrons. The second-order valence-electron chi connectivity index (χ2n) is 9.74. The molecule has 2 aliphatic rings. The van der Waals surface area contributed by atoms with Crippen LogP contribution >= 0.6 is 0 Å². The van der Waals surface area contributed by atoms with Gasteiger partial charge in [0.1, 0.15) is 17.9 Å². The third-order valence-corrected chi connectivity index (χ3v) is 6.81. The van der Waals surface area contributed by atoms with Crippen LogP contribution in [0, 0.1) is 5.41 Å². The summed E-state index contributed by atoms with van der Waals surface area (Å²) in [5.41, 5.74) is 10.5. The number of aromatic nitrogens is 3. The van der Waals surface area contributed by atoms with Crippen LogP contribution in [0.4, 0.5) is 0 Å². The zero-order chi connectivity index (χ0) is 22.4. The first kappa shape index (κ1) is 20.6.